The molecular weight excluding hydrogens is 238 g/mol. The highest BCUT2D eigenvalue weighted by molar-refractivity contribution is 5.82. The van der Waals surface area contributed by atoms with Gasteiger partial charge in [0.15, 0.2) is 0 Å². The zero-order valence-electron chi connectivity index (χ0n) is 13.3. The minimum absolute atomic E-state index is 0.0375. The number of rotatable bonds is 6. The minimum Gasteiger partial charge on any atom is -0.350 e. The van der Waals surface area contributed by atoms with Crippen molar-refractivity contribution in [3.8, 4) is 0 Å². The summed E-state index contributed by atoms with van der Waals surface area (Å²) in [5.41, 5.74) is -0.111. The first-order valence-electron chi connectivity index (χ1n) is 7.63. The van der Waals surface area contributed by atoms with Gasteiger partial charge in [-0.3, -0.25) is 9.69 Å². The lowest BCUT2D eigenvalue weighted by atomic mass is 9.98. The number of likely N-dealkylation sites (tertiary alicyclic amines) is 1. The number of amides is 1. The molecule has 0 aliphatic carbocycles. The maximum Gasteiger partial charge on any atom is 0.237 e. The molecule has 2 N–H and O–H groups in total. The smallest absolute Gasteiger partial charge is 0.237 e. The predicted molar refractivity (Wildman–Crippen MR) is 80.2 cm³/mol. The monoisotopic (exact) mass is 269 g/mol. The van der Waals surface area contributed by atoms with E-state index < -0.39 is 0 Å². The molecule has 0 radical (unpaired) electrons. The lowest BCUT2D eigenvalue weighted by molar-refractivity contribution is -0.129. The maximum absolute atomic E-state index is 12.4. The lowest BCUT2D eigenvalue weighted by Gasteiger charge is -2.40. The van der Waals surface area contributed by atoms with Crippen LogP contribution in [0.4, 0.5) is 0 Å². The van der Waals surface area contributed by atoms with Crippen LogP contribution in [-0.2, 0) is 4.79 Å². The topological polar surface area (TPSA) is 44.4 Å². The third kappa shape index (κ3) is 4.77. The van der Waals surface area contributed by atoms with E-state index >= 15 is 0 Å². The van der Waals surface area contributed by atoms with E-state index in [9.17, 15) is 4.79 Å². The molecule has 4 heteroatoms. The Morgan fingerprint density at radius 2 is 2.11 bits per heavy atom. The predicted octanol–water partition coefficient (Wildman–Crippen LogP) is 1.75. The summed E-state index contributed by atoms with van der Waals surface area (Å²) in [5, 5.41) is 6.41. The van der Waals surface area contributed by atoms with Crippen LogP contribution in [0.5, 0.6) is 0 Å². The van der Waals surface area contributed by atoms with E-state index in [1.54, 1.807) is 0 Å². The molecule has 0 aromatic rings. The number of nitrogens with one attached hydrogen (secondary N) is 2. The Morgan fingerprint density at radius 1 is 1.42 bits per heavy atom. The molecule has 2 unspecified atom stereocenters. The van der Waals surface area contributed by atoms with Crippen molar-refractivity contribution >= 4 is 5.91 Å². The molecule has 1 heterocycles. The Labute approximate surface area is 118 Å². The fourth-order valence-electron chi connectivity index (χ4n) is 2.66. The molecular formula is C15H31N3O. The summed E-state index contributed by atoms with van der Waals surface area (Å²) < 4.78 is 0. The van der Waals surface area contributed by atoms with Gasteiger partial charge in [0.2, 0.25) is 5.91 Å². The molecule has 2 atom stereocenters. The summed E-state index contributed by atoms with van der Waals surface area (Å²) in [4.78, 5) is 14.8. The molecule has 0 aromatic heterocycles. The minimum atomic E-state index is -0.111. The van der Waals surface area contributed by atoms with Gasteiger partial charge >= 0.3 is 0 Å². The lowest BCUT2D eigenvalue weighted by Crippen LogP contribution is -2.57. The van der Waals surface area contributed by atoms with Gasteiger partial charge in [-0.05, 0) is 53.6 Å². The van der Waals surface area contributed by atoms with Crippen molar-refractivity contribution in [3.63, 3.8) is 0 Å². The Kier molecular flexibility index (Phi) is 6.27. The summed E-state index contributed by atoms with van der Waals surface area (Å²) in [5.74, 6) is 0.162. The quantitative estimate of drug-likeness (QED) is 0.772. The molecule has 19 heavy (non-hydrogen) atoms. The first-order valence-corrected chi connectivity index (χ1v) is 7.63. The van der Waals surface area contributed by atoms with Crippen LogP contribution in [0.3, 0.4) is 0 Å². The third-order valence-corrected chi connectivity index (χ3v) is 4.33. The Balaban J connectivity index is 2.63. The summed E-state index contributed by atoms with van der Waals surface area (Å²) in [7, 11) is 1.98. The number of nitrogens with zero attached hydrogens (tertiary/aromatic N) is 1. The second-order valence-corrected chi connectivity index (χ2v) is 6.35. The van der Waals surface area contributed by atoms with Gasteiger partial charge in [-0.25, -0.2) is 0 Å². The second kappa shape index (κ2) is 7.25. The summed E-state index contributed by atoms with van der Waals surface area (Å²) in [6, 6.07) is 0.453. The molecule has 1 aliphatic rings. The van der Waals surface area contributed by atoms with Crippen LogP contribution in [0, 0.1) is 0 Å². The van der Waals surface area contributed by atoms with Gasteiger partial charge in [-0.2, -0.15) is 0 Å². The van der Waals surface area contributed by atoms with Crippen LogP contribution in [-0.4, -0.2) is 48.6 Å². The van der Waals surface area contributed by atoms with Crippen LogP contribution >= 0.6 is 0 Å². The summed E-state index contributed by atoms with van der Waals surface area (Å²) in [6.45, 7) is 10.3. The van der Waals surface area contributed by atoms with Crippen molar-refractivity contribution in [3.05, 3.63) is 0 Å². The van der Waals surface area contributed by atoms with Crippen LogP contribution in [0.1, 0.15) is 53.4 Å². The van der Waals surface area contributed by atoms with E-state index in [1.165, 1.54) is 19.3 Å². The molecule has 0 aromatic carbocycles. The van der Waals surface area contributed by atoms with Gasteiger partial charge in [-0.1, -0.05) is 13.3 Å². The molecule has 1 fully saturated rings. The third-order valence-electron chi connectivity index (χ3n) is 4.33. The number of carbonyl (C=O) groups excluding carboxylic acids is 1. The molecule has 1 saturated heterocycles. The number of likely N-dealkylation sites (N-methyl/N-ethyl adjacent to an activating group) is 1. The van der Waals surface area contributed by atoms with E-state index in [-0.39, 0.29) is 17.5 Å². The van der Waals surface area contributed by atoms with E-state index in [4.69, 9.17) is 0 Å². The van der Waals surface area contributed by atoms with E-state index in [1.807, 2.05) is 14.0 Å². The number of hydrogen-bond donors (Lipinski definition) is 2. The Bertz CT molecular complexity index is 289. The van der Waals surface area contributed by atoms with Crippen LogP contribution < -0.4 is 10.6 Å². The fourth-order valence-corrected chi connectivity index (χ4v) is 2.66. The Hall–Kier alpha value is -0.610. The van der Waals surface area contributed by atoms with E-state index in [2.05, 4.69) is 36.3 Å². The van der Waals surface area contributed by atoms with Crippen molar-refractivity contribution in [2.45, 2.75) is 71.0 Å². The van der Waals surface area contributed by atoms with Gasteiger partial charge in [0.05, 0.1) is 6.04 Å². The molecule has 112 valence electrons. The zero-order valence-corrected chi connectivity index (χ0v) is 13.3. The molecule has 1 rings (SSSR count). The van der Waals surface area contributed by atoms with Crippen LogP contribution in [0.2, 0.25) is 0 Å². The Morgan fingerprint density at radius 3 is 2.68 bits per heavy atom. The van der Waals surface area contributed by atoms with Crippen LogP contribution in [0.15, 0.2) is 0 Å². The zero-order chi connectivity index (χ0) is 14.5. The highest BCUT2D eigenvalue weighted by Gasteiger charge is 2.31. The van der Waals surface area contributed by atoms with Crippen molar-refractivity contribution in [1.82, 2.24) is 15.5 Å². The van der Waals surface area contributed by atoms with Crippen LogP contribution in [0.25, 0.3) is 0 Å². The molecule has 0 bridgehead atoms. The van der Waals surface area contributed by atoms with Gasteiger partial charge in [0.25, 0.3) is 0 Å². The largest absolute Gasteiger partial charge is 0.350 e. The summed E-state index contributed by atoms with van der Waals surface area (Å²) in [6.07, 6.45) is 4.62. The van der Waals surface area contributed by atoms with E-state index in [0.717, 1.165) is 19.5 Å². The standard InChI is InChI=1S/C15H31N3O/c1-6-15(3,4)17-14(19)12(2)18-10-8-7-9-13(18)11-16-5/h12-13,16H,6-11H2,1-5H3,(H,17,19). The van der Waals surface area contributed by atoms with Crippen molar-refractivity contribution in [1.29, 1.82) is 0 Å². The highest BCUT2D eigenvalue weighted by atomic mass is 16.2. The van der Waals surface area contributed by atoms with E-state index in [0.29, 0.717) is 6.04 Å². The molecule has 0 saturated carbocycles. The summed E-state index contributed by atoms with van der Waals surface area (Å²) >= 11 is 0. The SMILES string of the molecule is CCC(C)(C)NC(=O)C(C)N1CCCCC1CNC. The van der Waals surface area contributed by atoms with Gasteiger partial charge in [-0.15, -0.1) is 0 Å². The van der Waals surface area contributed by atoms with Crippen molar-refractivity contribution in [2.75, 3.05) is 20.1 Å². The highest BCUT2D eigenvalue weighted by Crippen LogP contribution is 2.20. The molecule has 4 nitrogen and oxygen atoms in total. The van der Waals surface area contributed by atoms with Gasteiger partial charge < -0.3 is 10.6 Å². The molecule has 1 aliphatic heterocycles. The first kappa shape index (κ1) is 16.4. The molecule has 1 amide bonds. The average molecular weight is 269 g/mol. The van der Waals surface area contributed by atoms with Crippen molar-refractivity contribution < 1.29 is 4.79 Å². The molecule has 0 spiro atoms. The first-order chi connectivity index (χ1) is 8.91. The second-order valence-electron chi connectivity index (χ2n) is 6.35. The van der Waals surface area contributed by atoms with Crippen molar-refractivity contribution in [2.24, 2.45) is 0 Å². The average Bonchev–Trinajstić information content (AvgIpc) is 2.38. The number of hydrogen-bond acceptors (Lipinski definition) is 3. The number of piperidine rings is 1. The normalized spacial score (nSPS) is 23.1. The van der Waals surface area contributed by atoms with Gasteiger partial charge in [0, 0.05) is 18.1 Å². The van der Waals surface area contributed by atoms with Gasteiger partial charge in [0.1, 0.15) is 0 Å². The number of carbonyl (C=O) groups is 1. The maximum atomic E-state index is 12.4. The fraction of sp³-hybridized carbons (Fsp3) is 0.933.